The van der Waals surface area contributed by atoms with Gasteiger partial charge in [-0.25, -0.2) is 13.1 Å². The molecule has 1 aromatic heterocycles. The number of aromatic nitrogens is 4. The molecule has 0 aliphatic rings. The molecular weight excluding hydrogens is 268 g/mol. The highest BCUT2D eigenvalue weighted by atomic mass is 32.2. The van der Waals surface area contributed by atoms with E-state index >= 15 is 0 Å². The van der Waals surface area contributed by atoms with E-state index < -0.39 is 10.0 Å². The minimum absolute atomic E-state index is 0.0170. The molecule has 0 atom stereocenters. The molecule has 8 nitrogen and oxygen atoms in total. The number of aryl methyl sites for hydroxylation is 1. The normalized spacial score (nSPS) is 11.7. The summed E-state index contributed by atoms with van der Waals surface area (Å²) in [6.45, 7) is 2.08. The average Bonchev–Trinajstić information content (AvgIpc) is 2.89. The summed E-state index contributed by atoms with van der Waals surface area (Å²) in [5.74, 6) is 0.278. The summed E-state index contributed by atoms with van der Waals surface area (Å²) in [5.41, 5.74) is 7.03. The van der Waals surface area contributed by atoms with Gasteiger partial charge in [0.2, 0.25) is 10.0 Å². The van der Waals surface area contributed by atoms with Crippen LogP contribution in [0.4, 0.5) is 0 Å². The Morgan fingerprint density at radius 1 is 1.42 bits per heavy atom. The molecule has 9 heteroatoms. The Kier molecular flexibility index (Phi) is 3.88. The zero-order chi connectivity index (χ0) is 13.9. The highest BCUT2D eigenvalue weighted by molar-refractivity contribution is 7.89. The van der Waals surface area contributed by atoms with E-state index in [1.54, 1.807) is 19.1 Å². The molecule has 0 aliphatic carbocycles. The number of aromatic amines is 1. The Hall–Kier alpha value is -1.84. The Bertz CT molecular complexity index is 653. The van der Waals surface area contributed by atoms with Crippen LogP contribution in [0.1, 0.15) is 17.0 Å². The van der Waals surface area contributed by atoms with E-state index in [-0.39, 0.29) is 17.3 Å². The van der Waals surface area contributed by atoms with Crippen LogP contribution in [0.2, 0.25) is 0 Å². The molecule has 0 fully saturated rings. The molecule has 0 aliphatic heterocycles. The van der Waals surface area contributed by atoms with Crippen molar-refractivity contribution >= 4 is 10.0 Å². The van der Waals surface area contributed by atoms with E-state index in [9.17, 15) is 8.42 Å². The molecule has 19 heavy (non-hydrogen) atoms. The Morgan fingerprint density at radius 3 is 2.79 bits per heavy atom. The molecule has 0 saturated carbocycles. The smallest absolute Gasteiger partial charge is 0.241 e. The van der Waals surface area contributed by atoms with Crippen molar-refractivity contribution in [2.24, 2.45) is 5.73 Å². The maximum Gasteiger partial charge on any atom is 0.241 e. The second-order valence-corrected chi connectivity index (χ2v) is 5.69. The predicted molar refractivity (Wildman–Crippen MR) is 67.3 cm³/mol. The molecule has 0 spiro atoms. The molecule has 1 heterocycles. The summed E-state index contributed by atoms with van der Waals surface area (Å²) in [7, 11) is -3.60. The van der Waals surface area contributed by atoms with Gasteiger partial charge in [-0.05, 0) is 24.1 Å². The van der Waals surface area contributed by atoms with Gasteiger partial charge in [-0.3, -0.25) is 0 Å². The first-order valence-corrected chi connectivity index (χ1v) is 7.03. The Labute approximate surface area is 110 Å². The number of nitrogens with one attached hydrogen (secondary N) is 2. The number of sulfonamides is 1. The Balaban J connectivity index is 2.19. The molecule has 4 N–H and O–H groups in total. The van der Waals surface area contributed by atoms with Crippen molar-refractivity contribution in [3.05, 3.63) is 35.2 Å². The third kappa shape index (κ3) is 3.13. The zero-order valence-corrected chi connectivity index (χ0v) is 11.1. The monoisotopic (exact) mass is 282 g/mol. The van der Waals surface area contributed by atoms with Crippen molar-refractivity contribution < 1.29 is 8.42 Å². The van der Waals surface area contributed by atoms with Crippen LogP contribution in [0.5, 0.6) is 0 Å². The number of benzene rings is 1. The predicted octanol–water partition coefficient (Wildman–Crippen LogP) is -0.555. The van der Waals surface area contributed by atoms with Gasteiger partial charge in [0.25, 0.3) is 0 Å². The summed E-state index contributed by atoms with van der Waals surface area (Å²) < 4.78 is 26.7. The molecule has 2 aromatic rings. The van der Waals surface area contributed by atoms with E-state index in [1.165, 1.54) is 6.07 Å². The second kappa shape index (κ2) is 5.43. The second-order valence-electron chi connectivity index (χ2n) is 3.96. The van der Waals surface area contributed by atoms with Gasteiger partial charge in [0.1, 0.15) is 0 Å². The first kappa shape index (κ1) is 13.6. The van der Waals surface area contributed by atoms with Crippen LogP contribution < -0.4 is 10.5 Å². The number of hydrogen-bond donors (Lipinski definition) is 3. The van der Waals surface area contributed by atoms with Crippen molar-refractivity contribution in [3.8, 4) is 0 Å². The van der Waals surface area contributed by atoms with Crippen molar-refractivity contribution in [2.45, 2.75) is 24.9 Å². The Morgan fingerprint density at radius 2 is 2.21 bits per heavy atom. The summed E-state index contributed by atoms with van der Waals surface area (Å²) >= 11 is 0. The van der Waals surface area contributed by atoms with Crippen molar-refractivity contribution in [2.75, 3.05) is 0 Å². The molecule has 1 aromatic carbocycles. The molecule has 0 bridgehead atoms. The van der Waals surface area contributed by atoms with E-state index in [0.29, 0.717) is 12.1 Å². The fraction of sp³-hybridized carbons (Fsp3) is 0.300. The molecule has 0 amide bonds. The molecule has 102 valence electrons. The first-order chi connectivity index (χ1) is 9.03. The summed E-state index contributed by atoms with van der Waals surface area (Å²) in [4.78, 5) is 0.216. The van der Waals surface area contributed by atoms with E-state index in [4.69, 9.17) is 5.73 Å². The molecule has 0 unspecified atom stereocenters. The minimum Gasteiger partial charge on any atom is -0.326 e. The molecule has 2 rings (SSSR count). The van der Waals surface area contributed by atoms with Gasteiger partial charge >= 0.3 is 0 Å². The number of H-pyrrole nitrogens is 1. The quantitative estimate of drug-likeness (QED) is 0.675. The van der Waals surface area contributed by atoms with Crippen LogP contribution in [0.25, 0.3) is 0 Å². The highest BCUT2D eigenvalue weighted by Crippen LogP contribution is 2.16. The summed E-state index contributed by atoms with van der Waals surface area (Å²) in [6, 6.07) is 4.98. The minimum atomic E-state index is -3.60. The lowest BCUT2D eigenvalue weighted by molar-refractivity contribution is 0.578. The highest BCUT2D eigenvalue weighted by Gasteiger charge is 2.17. The third-order valence-corrected chi connectivity index (χ3v) is 4.14. The van der Waals surface area contributed by atoms with Crippen LogP contribution in [-0.2, 0) is 23.1 Å². The van der Waals surface area contributed by atoms with Gasteiger partial charge in [-0.15, -0.1) is 10.2 Å². The third-order valence-electron chi connectivity index (χ3n) is 2.57. The van der Waals surface area contributed by atoms with Crippen LogP contribution in [0.15, 0.2) is 23.1 Å². The molecule has 0 saturated heterocycles. The van der Waals surface area contributed by atoms with E-state index in [0.717, 1.165) is 5.56 Å². The number of nitrogens with zero attached hydrogens (tertiary/aromatic N) is 3. The van der Waals surface area contributed by atoms with Crippen molar-refractivity contribution in [1.82, 2.24) is 25.3 Å². The van der Waals surface area contributed by atoms with Gasteiger partial charge in [-0.1, -0.05) is 17.3 Å². The number of rotatable bonds is 5. The van der Waals surface area contributed by atoms with Gasteiger partial charge in [0, 0.05) is 6.54 Å². The SMILES string of the molecule is Cc1cc(CN)ccc1S(=O)(=O)NCc1nn[nH]n1. The van der Waals surface area contributed by atoms with Crippen molar-refractivity contribution in [3.63, 3.8) is 0 Å². The van der Waals surface area contributed by atoms with Gasteiger partial charge in [0.15, 0.2) is 5.82 Å². The van der Waals surface area contributed by atoms with Gasteiger partial charge in [0.05, 0.1) is 11.4 Å². The van der Waals surface area contributed by atoms with Crippen LogP contribution in [-0.4, -0.2) is 29.0 Å². The topological polar surface area (TPSA) is 127 Å². The van der Waals surface area contributed by atoms with E-state index in [2.05, 4.69) is 25.3 Å². The molecule has 0 radical (unpaired) electrons. The maximum absolute atomic E-state index is 12.1. The number of nitrogens with two attached hydrogens (primary N) is 1. The fourth-order valence-corrected chi connectivity index (χ4v) is 2.84. The van der Waals surface area contributed by atoms with Crippen molar-refractivity contribution in [1.29, 1.82) is 0 Å². The number of hydrogen-bond acceptors (Lipinski definition) is 6. The average molecular weight is 282 g/mol. The zero-order valence-electron chi connectivity index (χ0n) is 10.3. The van der Waals surface area contributed by atoms with Crippen LogP contribution in [0.3, 0.4) is 0 Å². The van der Waals surface area contributed by atoms with Gasteiger partial charge < -0.3 is 5.73 Å². The standard InChI is InChI=1S/C10H14N6O2S/c1-7-4-8(5-11)2-3-9(7)19(17,18)12-6-10-13-15-16-14-10/h2-4,12H,5-6,11H2,1H3,(H,13,14,15,16). The lowest BCUT2D eigenvalue weighted by Crippen LogP contribution is -2.24. The lowest BCUT2D eigenvalue weighted by atomic mass is 10.1. The fourth-order valence-electron chi connectivity index (χ4n) is 1.63. The number of tetrazole rings is 1. The van der Waals surface area contributed by atoms with Crippen LogP contribution in [0, 0.1) is 6.92 Å². The largest absolute Gasteiger partial charge is 0.326 e. The van der Waals surface area contributed by atoms with Gasteiger partial charge in [-0.2, -0.15) is 5.21 Å². The first-order valence-electron chi connectivity index (χ1n) is 5.54. The molecular formula is C10H14N6O2S. The van der Waals surface area contributed by atoms with Crippen LogP contribution >= 0.6 is 0 Å². The summed E-state index contributed by atoms with van der Waals surface area (Å²) in [5, 5.41) is 12.9. The maximum atomic E-state index is 12.1. The lowest BCUT2D eigenvalue weighted by Gasteiger charge is -2.09. The van der Waals surface area contributed by atoms with E-state index in [1.807, 2.05) is 0 Å². The summed E-state index contributed by atoms with van der Waals surface area (Å²) in [6.07, 6.45) is 0.